The standard InChI is InChI=1S/C19H18ClN5S2/c1-12-7-6-8-13(2)16(12)23-18(26)25-21-11-15-17(20)24-19(27-15)22-14-9-4-3-5-10-14/h3-11H,1-2H3,(H,22,24)(H2,23,25,26)/b21-11+. The minimum absolute atomic E-state index is 0.387. The van der Waals surface area contributed by atoms with Gasteiger partial charge in [0.1, 0.15) is 0 Å². The zero-order valence-electron chi connectivity index (χ0n) is 14.8. The molecule has 0 aliphatic heterocycles. The summed E-state index contributed by atoms with van der Waals surface area (Å²) in [5.41, 5.74) is 6.97. The number of hydrogen-bond acceptors (Lipinski definition) is 5. The molecule has 3 aromatic rings. The Balaban J connectivity index is 1.60. The average Bonchev–Trinajstić information content (AvgIpc) is 2.98. The molecule has 5 nitrogen and oxygen atoms in total. The first-order valence-electron chi connectivity index (χ1n) is 8.17. The molecule has 0 radical (unpaired) electrons. The maximum Gasteiger partial charge on any atom is 0.191 e. The van der Waals surface area contributed by atoms with Crippen molar-refractivity contribution in [3.8, 4) is 0 Å². The van der Waals surface area contributed by atoms with E-state index in [1.165, 1.54) is 11.3 Å². The molecule has 1 aromatic heterocycles. The van der Waals surface area contributed by atoms with Crippen molar-refractivity contribution in [2.75, 3.05) is 10.6 Å². The summed E-state index contributed by atoms with van der Waals surface area (Å²) in [6.45, 7) is 4.05. The molecular weight excluding hydrogens is 398 g/mol. The van der Waals surface area contributed by atoms with E-state index in [0.717, 1.165) is 27.4 Å². The van der Waals surface area contributed by atoms with Crippen molar-refractivity contribution >= 4 is 63.0 Å². The Labute approximate surface area is 172 Å². The van der Waals surface area contributed by atoms with Gasteiger partial charge in [-0.2, -0.15) is 5.10 Å². The molecule has 3 N–H and O–H groups in total. The first kappa shape index (κ1) is 19.3. The Kier molecular flexibility index (Phi) is 6.39. The number of hydrazone groups is 1. The van der Waals surface area contributed by atoms with Crippen molar-refractivity contribution in [1.29, 1.82) is 0 Å². The van der Waals surface area contributed by atoms with Gasteiger partial charge < -0.3 is 10.6 Å². The number of nitrogens with zero attached hydrogens (tertiary/aromatic N) is 2. The molecule has 0 atom stereocenters. The third-order valence-electron chi connectivity index (χ3n) is 3.70. The minimum atomic E-state index is 0.387. The molecule has 0 amide bonds. The zero-order valence-corrected chi connectivity index (χ0v) is 17.2. The zero-order chi connectivity index (χ0) is 19.2. The number of anilines is 3. The molecule has 0 aliphatic carbocycles. The third-order valence-corrected chi connectivity index (χ3v) is 5.20. The predicted molar refractivity (Wildman–Crippen MR) is 120 cm³/mol. The first-order chi connectivity index (χ1) is 13.0. The summed E-state index contributed by atoms with van der Waals surface area (Å²) >= 11 is 12.9. The van der Waals surface area contributed by atoms with Crippen LogP contribution in [0.3, 0.4) is 0 Å². The normalized spacial score (nSPS) is 10.8. The van der Waals surface area contributed by atoms with Crippen LogP contribution in [-0.4, -0.2) is 16.3 Å². The van der Waals surface area contributed by atoms with Gasteiger partial charge in [-0.05, 0) is 49.3 Å². The molecular formula is C19H18ClN5S2. The van der Waals surface area contributed by atoms with E-state index in [1.54, 1.807) is 6.21 Å². The van der Waals surface area contributed by atoms with Gasteiger partial charge >= 0.3 is 0 Å². The molecule has 8 heteroatoms. The van der Waals surface area contributed by atoms with Crippen LogP contribution in [0.5, 0.6) is 0 Å². The second-order valence-electron chi connectivity index (χ2n) is 5.76. The fourth-order valence-corrected chi connectivity index (χ4v) is 3.60. The van der Waals surface area contributed by atoms with E-state index in [-0.39, 0.29) is 0 Å². The summed E-state index contributed by atoms with van der Waals surface area (Å²) < 4.78 is 0. The first-order valence-corrected chi connectivity index (χ1v) is 9.78. The number of aromatic nitrogens is 1. The van der Waals surface area contributed by atoms with E-state index in [0.29, 0.717) is 15.4 Å². The molecule has 0 saturated carbocycles. The van der Waals surface area contributed by atoms with Gasteiger partial charge in [0.15, 0.2) is 15.4 Å². The van der Waals surface area contributed by atoms with Crippen LogP contribution >= 0.6 is 35.2 Å². The molecule has 0 aliphatic rings. The van der Waals surface area contributed by atoms with Crippen molar-refractivity contribution in [1.82, 2.24) is 10.4 Å². The monoisotopic (exact) mass is 415 g/mol. The van der Waals surface area contributed by atoms with E-state index in [4.69, 9.17) is 23.8 Å². The van der Waals surface area contributed by atoms with Gasteiger partial charge in [0.05, 0.1) is 11.1 Å². The number of benzene rings is 2. The highest BCUT2D eigenvalue weighted by atomic mass is 35.5. The van der Waals surface area contributed by atoms with E-state index < -0.39 is 0 Å². The lowest BCUT2D eigenvalue weighted by Crippen LogP contribution is -2.24. The largest absolute Gasteiger partial charge is 0.331 e. The number of thiocarbonyl (C=S) groups is 1. The van der Waals surface area contributed by atoms with Crippen LogP contribution in [0.4, 0.5) is 16.5 Å². The number of hydrogen-bond donors (Lipinski definition) is 3. The van der Waals surface area contributed by atoms with Gasteiger partial charge in [-0.1, -0.05) is 59.3 Å². The molecule has 138 valence electrons. The number of aryl methyl sites for hydroxylation is 2. The molecule has 2 aromatic carbocycles. The lowest BCUT2D eigenvalue weighted by Gasteiger charge is -2.12. The van der Waals surface area contributed by atoms with Crippen molar-refractivity contribution in [3.05, 3.63) is 69.7 Å². The van der Waals surface area contributed by atoms with Gasteiger partial charge in [0.25, 0.3) is 0 Å². The quantitative estimate of drug-likeness (QED) is 0.292. The van der Waals surface area contributed by atoms with Crippen LogP contribution in [-0.2, 0) is 0 Å². The van der Waals surface area contributed by atoms with Crippen molar-refractivity contribution < 1.29 is 0 Å². The van der Waals surface area contributed by atoms with Crippen molar-refractivity contribution in [3.63, 3.8) is 0 Å². The fourth-order valence-electron chi connectivity index (χ4n) is 2.39. The molecule has 1 heterocycles. The Morgan fingerprint density at radius 3 is 2.52 bits per heavy atom. The maximum absolute atomic E-state index is 6.19. The van der Waals surface area contributed by atoms with E-state index in [1.807, 2.05) is 62.4 Å². The van der Waals surface area contributed by atoms with E-state index in [9.17, 15) is 0 Å². The minimum Gasteiger partial charge on any atom is -0.331 e. The molecule has 0 saturated heterocycles. The lowest BCUT2D eigenvalue weighted by atomic mass is 10.1. The molecule has 0 spiro atoms. The van der Waals surface area contributed by atoms with Gasteiger partial charge in [0, 0.05) is 11.4 Å². The predicted octanol–water partition coefficient (Wildman–Crippen LogP) is 5.48. The SMILES string of the molecule is Cc1cccc(C)c1NC(=S)N/N=C/c1sc(Nc2ccccc2)nc1Cl. The van der Waals surface area contributed by atoms with Crippen molar-refractivity contribution in [2.45, 2.75) is 13.8 Å². The molecule has 0 bridgehead atoms. The van der Waals surface area contributed by atoms with Gasteiger partial charge in [-0.25, -0.2) is 4.98 Å². The van der Waals surface area contributed by atoms with Crippen LogP contribution in [0.25, 0.3) is 0 Å². The number of para-hydroxylation sites is 2. The summed E-state index contributed by atoms with van der Waals surface area (Å²) in [4.78, 5) is 5.03. The third kappa shape index (κ3) is 5.26. The molecule has 0 fully saturated rings. The molecule has 0 unspecified atom stereocenters. The lowest BCUT2D eigenvalue weighted by molar-refractivity contribution is 1.05. The summed E-state index contributed by atoms with van der Waals surface area (Å²) in [5, 5.41) is 12.0. The average molecular weight is 416 g/mol. The van der Waals surface area contributed by atoms with Gasteiger partial charge in [0.2, 0.25) is 0 Å². The van der Waals surface area contributed by atoms with Gasteiger partial charge in [-0.15, -0.1) is 0 Å². The number of rotatable bonds is 5. The Morgan fingerprint density at radius 2 is 1.81 bits per heavy atom. The van der Waals surface area contributed by atoms with Crippen LogP contribution in [0.2, 0.25) is 5.15 Å². The second-order valence-corrected chi connectivity index (χ2v) is 7.55. The van der Waals surface area contributed by atoms with Crippen LogP contribution < -0.4 is 16.1 Å². The number of nitrogens with one attached hydrogen (secondary N) is 3. The van der Waals surface area contributed by atoms with Gasteiger partial charge in [-0.3, -0.25) is 5.43 Å². The van der Waals surface area contributed by atoms with Crippen LogP contribution in [0.15, 0.2) is 53.6 Å². The maximum atomic E-state index is 6.19. The van der Waals surface area contributed by atoms with E-state index in [2.05, 4.69) is 26.1 Å². The van der Waals surface area contributed by atoms with Crippen LogP contribution in [0, 0.1) is 13.8 Å². The molecule has 3 rings (SSSR count). The Morgan fingerprint density at radius 1 is 1.11 bits per heavy atom. The highest BCUT2D eigenvalue weighted by Crippen LogP contribution is 2.27. The highest BCUT2D eigenvalue weighted by Gasteiger charge is 2.08. The van der Waals surface area contributed by atoms with Crippen molar-refractivity contribution in [2.24, 2.45) is 5.10 Å². The summed E-state index contributed by atoms with van der Waals surface area (Å²) in [7, 11) is 0. The Hall–Kier alpha value is -2.48. The van der Waals surface area contributed by atoms with E-state index >= 15 is 0 Å². The fraction of sp³-hybridized carbons (Fsp3) is 0.105. The summed E-state index contributed by atoms with van der Waals surface area (Å²) in [6.07, 6.45) is 1.61. The number of thiazole rings is 1. The number of halogens is 1. The second kappa shape index (κ2) is 8.94. The Bertz CT molecular complexity index is 949. The topological polar surface area (TPSA) is 61.3 Å². The smallest absolute Gasteiger partial charge is 0.191 e. The summed E-state index contributed by atoms with van der Waals surface area (Å²) in [5.74, 6) is 0. The molecule has 27 heavy (non-hydrogen) atoms. The highest BCUT2D eigenvalue weighted by molar-refractivity contribution is 7.80. The summed E-state index contributed by atoms with van der Waals surface area (Å²) in [6, 6.07) is 15.8. The van der Waals surface area contributed by atoms with Crippen LogP contribution in [0.1, 0.15) is 16.0 Å².